The summed E-state index contributed by atoms with van der Waals surface area (Å²) in [5, 5.41) is 61.8. The van der Waals surface area contributed by atoms with Crippen LogP contribution in [0.25, 0.3) is 0 Å². The maximum Gasteiger partial charge on any atom is 0.322 e. The molecule has 0 saturated carbocycles. The Morgan fingerprint density at radius 1 is 0.695 bits per heavy atom. The van der Waals surface area contributed by atoms with Gasteiger partial charge < -0.3 is 74.0 Å². The van der Waals surface area contributed by atoms with Gasteiger partial charge in [-0.25, -0.2) is 0 Å². The summed E-state index contributed by atoms with van der Waals surface area (Å²) < 4.78 is 0. The predicted molar refractivity (Wildman–Crippen MR) is 207 cm³/mol. The molecule has 24 heteroatoms. The first kappa shape index (κ1) is 51.4. The molecule has 334 valence electrons. The lowest BCUT2D eigenvalue weighted by Gasteiger charge is -2.31. The van der Waals surface area contributed by atoms with Gasteiger partial charge in [-0.15, -0.1) is 0 Å². The highest BCUT2D eigenvalue weighted by Crippen LogP contribution is 2.21. The molecule has 7 unspecified atom stereocenters. The first-order chi connectivity index (χ1) is 27.6. The van der Waals surface area contributed by atoms with Crippen LogP contribution in [0.5, 0.6) is 0 Å². The number of aliphatic hydroxyl groups excluding tert-OH is 2. The van der Waals surface area contributed by atoms with Crippen molar-refractivity contribution in [2.45, 2.75) is 115 Å². The molecule has 16 N–H and O–H groups in total. The second-order valence-corrected chi connectivity index (χ2v) is 14.9. The van der Waals surface area contributed by atoms with Gasteiger partial charge in [0.2, 0.25) is 41.4 Å². The number of aliphatic hydroxyl groups is 2. The van der Waals surface area contributed by atoms with Crippen LogP contribution < -0.4 is 48.7 Å². The number of rotatable bonds is 26. The Balaban J connectivity index is 3.28. The molecular formula is C35H61N11O13. The van der Waals surface area contributed by atoms with E-state index >= 15 is 0 Å². The van der Waals surface area contributed by atoms with Gasteiger partial charge in [-0.2, -0.15) is 0 Å². The van der Waals surface area contributed by atoms with Crippen molar-refractivity contribution < 1.29 is 63.6 Å². The van der Waals surface area contributed by atoms with Crippen LogP contribution in [0.2, 0.25) is 0 Å². The van der Waals surface area contributed by atoms with E-state index in [1.807, 2.05) is 0 Å². The predicted octanol–water partition coefficient (Wildman–Crippen LogP) is -5.26. The second-order valence-electron chi connectivity index (χ2n) is 14.9. The second kappa shape index (κ2) is 25.7. The molecule has 7 amide bonds. The van der Waals surface area contributed by atoms with Crippen LogP contribution in [0, 0.1) is 17.2 Å². The number of carbonyl (C=O) groups is 9. The molecule has 0 spiro atoms. The van der Waals surface area contributed by atoms with Gasteiger partial charge in [0, 0.05) is 13.1 Å². The third kappa shape index (κ3) is 18.7. The molecule has 1 aliphatic rings. The highest BCUT2D eigenvalue weighted by molar-refractivity contribution is 5.98. The Labute approximate surface area is 341 Å². The Morgan fingerprint density at radius 3 is 1.75 bits per heavy atom. The number of nitrogens with one attached hydrogen (secondary N) is 8. The Morgan fingerprint density at radius 2 is 1.20 bits per heavy atom. The molecule has 0 aliphatic carbocycles. The van der Waals surface area contributed by atoms with Crippen LogP contribution >= 0.6 is 0 Å². The summed E-state index contributed by atoms with van der Waals surface area (Å²) in [7, 11) is 0. The lowest BCUT2D eigenvalue weighted by atomic mass is 10.0. The minimum absolute atomic E-state index is 0.0419. The molecule has 1 saturated heterocycles. The van der Waals surface area contributed by atoms with E-state index in [2.05, 4.69) is 37.2 Å². The molecule has 1 aliphatic heterocycles. The van der Waals surface area contributed by atoms with Gasteiger partial charge in [0.15, 0.2) is 5.96 Å². The fourth-order valence-electron chi connectivity index (χ4n) is 6.02. The number of aliphatic carboxylic acids is 2. The van der Waals surface area contributed by atoms with Gasteiger partial charge >= 0.3 is 11.9 Å². The summed E-state index contributed by atoms with van der Waals surface area (Å²) in [6.45, 7) is 4.64. The summed E-state index contributed by atoms with van der Waals surface area (Å²) in [6.07, 6.45) is -0.00373. The van der Waals surface area contributed by atoms with E-state index < -0.39 is 122 Å². The van der Waals surface area contributed by atoms with Gasteiger partial charge in [0.05, 0.1) is 25.7 Å². The minimum Gasteiger partial charge on any atom is -0.481 e. The van der Waals surface area contributed by atoms with E-state index in [1.54, 1.807) is 27.7 Å². The van der Waals surface area contributed by atoms with Crippen LogP contribution in [0.15, 0.2) is 0 Å². The van der Waals surface area contributed by atoms with Crippen molar-refractivity contribution in [1.29, 1.82) is 5.41 Å². The van der Waals surface area contributed by atoms with E-state index in [0.717, 1.165) is 0 Å². The zero-order chi connectivity index (χ0) is 45.0. The van der Waals surface area contributed by atoms with Gasteiger partial charge in [-0.1, -0.05) is 27.7 Å². The van der Waals surface area contributed by atoms with Crippen molar-refractivity contribution in [3.05, 3.63) is 0 Å². The first-order valence-electron chi connectivity index (χ1n) is 19.2. The monoisotopic (exact) mass is 843 g/mol. The Kier molecular flexibility index (Phi) is 22.4. The molecule has 24 nitrogen and oxygen atoms in total. The number of carboxylic acids is 2. The van der Waals surface area contributed by atoms with Crippen LogP contribution in [0.3, 0.4) is 0 Å². The molecule has 7 atom stereocenters. The van der Waals surface area contributed by atoms with Crippen LogP contribution in [-0.2, 0) is 43.2 Å². The summed E-state index contributed by atoms with van der Waals surface area (Å²) in [5.41, 5.74) is 11.0. The van der Waals surface area contributed by atoms with Gasteiger partial charge in [-0.05, 0) is 50.4 Å². The summed E-state index contributed by atoms with van der Waals surface area (Å²) in [6, 6.07) is -9.68. The van der Waals surface area contributed by atoms with Gasteiger partial charge in [-0.3, -0.25) is 48.6 Å². The first-order valence-corrected chi connectivity index (χ1v) is 19.2. The topological polar surface area (TPSA) is 398 Å². The lowest BCUT2D eigenvalue weighted by molar-refractivity contribution is -0.143. The van der Waals surface area contributed by atoms with E-state index in [1.165, 1.54) is 4.90 Å². The number of carboxylic acid groups (broad SMARTS) is 2. The third-order valence-corrected chi connectivity index (χ3v) is 8.89. The molecule has 1 heterocycles. The summed E-state index contributed by atoms with van der Waals surface area (Å²) >= 11 is 0. The molecule has 0 bridgehead atoms. The number of amides is 7. The molecular weight excluding hydrogens is 782 g/mol. The van der Waals surface area contributed by atoms with Crippen LogP contribution in [-0.4, -0.2) is 160 Å². The molecule has 0 aromatic carbocycles. The Bertz CT molecular complexity index is 1510. The molecule has 0 aromatic rings. The van der Waals surface area contributed by atoms with Crippen molar-refractivity contribution in [3.8, 4) is 0 Å². The fraction of sp³-hybridized carbons (Fsp3) is 0.714. The van der Waals surface area contributed by atoms with Crippen LogP contribution in [0.4, 0.5) is 0 Å². The molecule has 1 fully saturated rings. The van der Waals surface area contributed by atoms with Crippen molar-refractivity contribution >= 4 is 59.2 Å². The smallest absolute Gasteiger partial charge is 0.322 e. The number of carbonyl (C=O) groups excluding carboxylic acids is 7. The maximum atomic E-state index is 14.0. The average molecular weight is 844 g/mol. The van der Waals surface area contributed by atoms with Crippen molar-refractivity contribution in [2.24, 2.45) is 23.3 Å². The quantitative estimate of drug-likeness (QED) is 0.0220. The number of likely N-dealkylation sites (tertiary alicyclic amines) is 1. The van der Waals surface area contributed by atoms with Crippen molar-refractivity contribution in [3.63, 3.8) is 0 Å². The summed E-state index contributed by atoms with van der Waals surface area (Å²) in [4.78, 5) is 116. The van der Waals surface area contributed by atoms with E-state index in [4.69, 9.17) is 27.1 Å². The van der Waals surface area contributed by atoms with Crippen molar-refractivity contribution in [1.82, 2.24) is 42.1 Å². The van der Waals surface area contributed by atoms with Crippen LogP contribution in [0.1, 0.15) is 72.6 Å². The summed E-state index contributed by atoms with van der Waals surface area (Å²) in [5.74, 6) is -9.55. The number of hydrogen-bond acceptors (Lipinski definition) is 13. The average Bonchev–Trinajstić information content (AvgIpc) is 3.64. The van der Waals surface area contributed by atoms with Crippen molar-refractivity contribution in [2.75, 3.05) is 32.8 Å². The normalized spacial score (nSPS) is 16.7. The molecule has 59 heavy (non-hydrogen) atoms. The number of hydrogen-bond donors (Lipinski definition) is 14. The molecule has 1 rings (SSSR count). The standard InChI is InChI=1S/C35H61N11O13/c1-17(2)11-21(42-28(53)19(36)13-26(49)50)31(56)44-24(16-48)32(57)41-20(7-5-9-39-35(37)38)30(55)43-22(12-18(3)4)34(59)46-10-6-8-25(46)33(58)45-23(15-47)29(54)40-14-27(51)52/h17-25,47-48H,5-16,36H2,1-4H3,(H,40,54)(H,41,57)(H,42,53)(H,43,55)(H,44,56)(H,45,58)(H,49,50)(H,51,52)(H4,37,38,39). The largest absolute Gasteiger partial charge is 0.481 e. The third-order valence-electron chi connectivity index (χ3n) is 8.89. The van der Waals surface area contributed by atoms with E-state index in [0.29, 0.717) is 6.42 Å². The fourth-order valence-corrected chi connectivity index (χ4v) is 6.02. The maximum absolute atomic E-state index is 14.0. The molecule has 0 aromatic heterocycles. The number of nitrogens with two attached hydrogens (primary N) is 2. The zero-order valence-electron chi connectivity index (χ0n) is 33.7. The highest BCUT2D eigenvalue weighted by Gasteiger charge is 2.40. The SMILES string of the molecule is CC(C)CC(NC(=O)C(N)CC(=O)O)C(=O)NC(CO)C(=O)NC(CCCNC(=N)N)C(=O)NC(CC(C)C)C(=O)N1CCCC1C(=O)NC(CO)C(=O)NCC(=O)O. The van der Waals surface area contributed by atoms with Gasteiger partial charge in [0.1, 0.15) is 42.8 Å². The van der Waals surface area contributed by atoms with E-state index in [9.17, 15) is 53.4 Å². The van der Waals surface area contributed by atoms with Gasteiger partial charge in [0.25, 0.3) is 0 Å². The molecule has 0 radical (unpaired) electrons. The zero-order valence-corrected chi connectivity index (χ0v) is 33.7. The number of guanidine groups is 1. The minimum atomic E-state index is -1.65. The highest BCUT2D eigenvalue weighted by atomic mass is 16.4. The van der Waals surface area contributed by atoms with E-state index in [-0.39, 0.29) is 63.0 Å². The Hall–Kier alpha value is -5.62. The lowest BCUT2D eigenvalue weighted by Crippen LogP contribution is -2.60. The number of nitrogens with zero attached hydrogens (tertiary/aromatic N) is 1.